The summed E-state index contributed by atoms with van der Waals surface area (Å²) in [4.78, 5) is 20.8. The van der Waals surface area contributed by atoms with E-state index in [2.05, 4.69) is 16.4 Å². The van der Waals surface area contributed by atoms with Gasteiger partial charge in [-0.25, -0.2) is 9.67 Å². The predicted molar refractivity (Wildman–Crippen MR) is 122 cm³/mol. The average Bonchev–Trinajstić information content (AvgIpc) is 3.21. The van der Waals surface area contributed by atoms with Crippen molar-refractivity contribution in [2.45, 2.75) is 75.5 Å². The molecule has 3 aromatic rings. The van der Waals surface area contributed by atoms with Gasteiger partial charge in [0.15, 0.2) is 0 Å². The van der Waals surface area contributed by atoms with E-state index in [-0.39, 0.29) is 23.9 Å². The lowest BCUT2D eigenvalue weighted by molar-refractivity contribution is -0.138. The Kier molecular flexibility index (Phi) is 5.22. The molecule has 1 saturated heterocycles. The number of hydrogen-bond acceptors (Lipinski definition) is 6. The molecule has 3 fully saturated rings. The van der Waals surface area contributed by atoms with Crippen molar-refractivity contribution >= 4 is 27.5 Å². The third kappa shape index (κ3) is 3.73. The molecule has 0 radical (unpaired) electrons. The Bertz CT molecular complexity index is 1080. The Balaban J connectivity index is 1.34. The third-order valence-corrected chi connectivity index (χ3v) is 8.45. The summed E-state index contributed by atoms with van der Waals surface area (Å²) in [6.07, 6.45) is 9.97. The smallest absolute Gasteiger partial charge is 0.248 e. The number of carbonyl (C=O) groups excluding carboxylic acids is 1. The Hall–Kier alpha value is -2.32. The van der Waals surface area contributed by atoms with Gasteiger partial charge >= 0.3 is 0 Å². The quantitative estimate of drug-likeness (QED) is 0.628. The van der Waals surface area contributed by atoms with E-state index < -0.39 is 6.10 Å². The van der Waals surface area contributed by atoms with Crippen LogP contribution in [0.1, 0.15) is 80.1 Å². The van der Waals surface area contributed by atoms with Crippen LogP contribution in [0, 0.1) is 5.92 Å². The number of aromatic nitrogens is 4. The number of carbonyl (C=O) groups is 1. The topological polar surface area (TPSA) is 84.1 Å². The SMILES string of the molecule is O=C(C(C1CCCCC1)n1cc(C2CC2)nn1)N1CC(O)CC1c1nc2ccccc2s1. The molecule has 168 valence electrons. The number of para-hydroxylation sites is 1. The van der Waals surface area contributed by atoms with Gasteiger partial charge in [0, 0.05) is 25.1 Å². The largest absolute Gasteiger partial charge is 0.391 e. The summed E-state index contributed by atoms with van der Waals surface area (Å²) in [7, 11) is 0. The van der Waals surface area contributed by atoms with Crippen molar-refractivity contribution in [3.63, 3.8) is 0 Å². The minimum absolute atomic E-state index is 0.0601. The van der Waals surface area contributed by atoms with Gasteiger partial charge in [0.2, 0.25) is 5.91 Å². The number of likely N-dealkylation sites (tertiary alicyclic amines) is 1. The van der Waals surface area contributed by atoms with Crippen LogP contribution in [0.3, 0.4) is 0 Å². The second-order valence-electron chi connectivity index (χ2n) is 9.66. The van der Waals surface area contributed by atoms with E-state index >= 15 is 0 Å². The summed E-state index contributed by atoms with van der Waals surface area (Å²) < 4.78 is 2.96. The van der Waals surface area contributed by atoms with Gasteiger partial charge in [-0.15, -0.1) is 16.4 Å². The molecule has 1 amide bonds. The Morgan fingerprint density at radius 1 is 1.12 bits per heavy atom. The molecule has 3 aliphatic rings. The number of benzene rings is 1. The van der Waals surface area contributed by atoms with Gasteiger partial charge in [-0.1, -0.05) is 36.6 Å². The first kappa shape index (κ1) is 20.3. The normalized spacial score (nSPS) is 25.5. The van der Waals surface area contributed by atoms with Gasteiger partial charge in [-0.3, -0.25) is 4.79 Å². The van der Waals surface area contributed by atoms with E-state index in [4.69, 9.17) is 4.98 Å². The Morgan fingerprint density at radius 2 is 1.94 bits per heavy atom. The number of β-amino-alcohol motifs (C(OH)–C–C–N with tert-alkyl or cyclic N) is 1. The Morgan fingerprint density at radius 3 is 2.72 bits per heavy atom. The molecule has 2 saturated carbocycles. The fraction of sp³-hybridized carbons (Fsp3) is 0.583. The molecule has 7 nitrogen and oxygen atoms in total. The van der Waals surface area contributed by atoms with Gasteiger partial charge in [-0.05, 0) is 43.7 Å². The first-order chi connectivity index (χ1) is 15.7. The highest BCUT2D eigenvalue weighted by atomic mass is 32.1. The van der Waals surface area contributed by atoms with E-state index in [9.17, 15) is 9.90 Å². The molecule has 8 heteroatoms. The predicted octanol–water partition coefficient (Wildman–Crippen LogP) is 4.22. The highest BCUT2D eigenvalue weighted by molar-refractivity contribution is 7.18. The number of rotatable bonds is 5. The monoisotopic (exact) mass is 451 g/mol. The number of amides is 1. The van der Waals surface area contributed by atoms with Crippen molar-refractivity contribution in [3.05, 3.63) is 41.2 Å². The highest BCUT2D eigenvalue weighted by Gasteiger charge is 2.43. The van der Waals surface area contributed by atoms with E-state index in [0.29, 0.717) is 18.9 Å². The fourth-order valence-corrected chi connectivity index (χ4v) is 6.56. The van der Waals surface area contributed by atoms with Crippen LogP contribution >= 0.6 is 11.3 Å². The van der Waals surface area contributed by atoms with Crippen molar-refractivity contribution in [1.29, 1.82) is 0 Å². The summed E-state index contributed by atoms with van der Waals surface area (Å²) in [5.74, 6) is 0.832. The lowest BCUT2D eigenvalue weighted by Gasteiger charge is -2.33. The van der Waals surface area contributed by atoms with Crippen molar-refractivity contribution in [2.75, 3.05) is 6.54 Å². The molecule has 3 heterocycles. The van der Waals surface area contributed by atoms with Crippen molar-refractivity contribution < 1.29 is 9.90 Å². The first-order valence-corrected chi connectivity index (χ1v) is 12.7. The second-order valence-corrected chi connectivity index (χ2v) is 10.7. The van der Waals surface area contributed by atoms with Gasteiger partial charge in [0.25, 0.3) is 0 Å². The van der Waals surface area contributed by atoms with Crippen LogP contribution < -0.4 is 0 Å². The van der Waals surface area contributed by atoms with Crippen LogP contribution in [0.15, 0.2) is 30.5 Å². The van der Waals surface area contributed by atoms with Crippen LogP contribution in [-0.4, -0.2) is 48.5 Å². The zero-order valence-corrected chi connectivity index (χ0v) is 19.0. The maximum atomic E-state index is 14.1. The summed E-state index contributed by atoms with van der Waals surface area (Å²) in [6, 6.07) is 7.53. The van der Waals surface area contributed by atoms with E-state index in [0.717, 1.165) is 46.6 Å². The molecule has 2 aromatic heterocycles. The number of thiazole rings is 1. The number of aliphatic hydroxyl groups excluding tert-OH is 1. The number of hydrogen-bond donors (Lipinski definition) is 1. The third-order valence-electron chi connectivity index (χ3n) is 7.32. The lowest BCUT2D eigenvalue weighted by atomic mass is 9.83. The zero-order chi connectivity index (χ0) is 21.7. The Labute approximate surface area is 191 Å². The fourth-order valence-electron chi connectivity index (χ4n) is 5.47. The maximum Gasteiger partial charge on any atom is 0.248 e. The molecule has 32 heavy (non-hydrogen) atoms. The molecule has 2 aliphatic carbocycles. The molecule has 1 aliphatic heterocycles. The van der Waals surface area contributed by atoms with Crippen LogP contribution in [-0.2, 0) is 4.79 Å². The molecular formula is C24H29N5O2S. The molecule has 1 N–H and O–H groups in total. The molecule has 0 spiro atoms. The highest BCUT2D eigenvalue weighted by Crippen LogP contribution is 2.42. The molecule has 1 aromatic carbocycles. The zero-order valence-electron chi connectivity index (χ0n) is 18.1. The minimum Gasteiger partial charge on any atom is -0.391 e. The van der Waals surface area contributed by atoms with Crippen LogP contribution in [0.2, 0.25) is 0 Å². The number of nitrogens with zero attached hydrogens (tertiary/aromatic N) is 5. The molecule has 6 rings (SSSR count). The molecule has 0 bridgehead atoms. The standard InChI is InChI=1S/C24H29N5O2S/c30-17-12-20(23-25-18-8-4-5-9-21(18)32-23)28(13-17)24(31)22(16-6-2-1-3-7-16)29-14-19(26-27-29)15-10-11-15/h4-5,8-9,14-17,20,22,30H,1-3,6-7,10-13H2. The summed E-state index contributed by atoms with van der Waals surface area (Å²) in [5, 5.41) is 20.3. The van der Waals surface area contributed by atoms with Gasteiger partial charge < -0.3 is 10.0 Å². The summed E-state index contributed by atoms with van der Waals surface area (Å²) in [5.41, 5.74) is 1.97. The van der Waals surface area contributed by atoms with E-state index in [1.807, 2.05) is 34.0 Å². The van der Waals surface area contributed by atoms with E-state index in [1.165, 1.54) is 19.3 Å². The first-order valence-electron chi connectivity index (χ1n) is 11.9. The van der Waals surface area contributed by atoms with Gasteiger partial charge in [-0.2, -0.15) is 0 Å². The van der Waals surface area contributed by atoms with Crippen molar-refractivity contribution in [2.24, 2.45) is 5.92 Å². The number of fused-ring (bicyclic) bond motifs is 1. The van der Waals surface area contributed by atoms with Crippen LogP contribution in [0.4, 0.5) is 0 Å². The minimum atomic E-state index is -0.527. The summed E-state index contributed by atoms with van der Waals surface area (Å²) in [6.45, 7) is 0.354. The average molecular weight is 452 g/mol. The maximum absolute atomic E-state index is 14.1. The van der Waals surface area contributed by atoms with Crippen LogP contribution in [0.5, 0.6) is 0 Å². The second kappa shape index (κ2) is 8.23. The molecule has 3 atom stereocenters. The van der Waals surface area contributed by atoms with Crippen LogP contribution in [0.25, 0.3) is 10.2 Å². The lowest BCUT2D eigenvalue weighted by Crippen LogP contribution is -2.41. The molecule has 3 unspecified atom stereocenters. The van der Waals surface area contributed by atoms with E-state index in [1.54, 1.807) is 11.3 Å². The van der Waals surface area contributed by atoms with Crippen molar-refractivity contribution in [3.8, 4) is 0 Å². The van der Waals surface area contributed by atoms with Gasteiger partial charge in [0.1, 0.15) is 11.0 Å². The molecular weight excluding hydrogens is 422 g/mol. The van der Waals surface area contributed by atoms with Crippen molar-refractivity contribution in [1.82, 2.24) is 24.9 Å². The van der Waals surface area contributed by atoms with Gasteiger partial charge in [0.05, 0.1) is 28.1 Å². The summed E-state index contributed by atoms with van der Waals surface area (Å²) >= 11 is 1.63. The number of aliphatic hydroxyl groups is 1.